The van der Waals surface area contributed by atoms with Crippen molar-refractivity contribution >= 4 is 40.0 Å². The van der Waals surface area contributed by atoms with E-state index >= 15 is 0 Å². The van der Waals surface area contributed by atoms with Gasteiger partial charge < -0.3 is 15.2 Å². The first kappa shape index (κ1) is 20.0. The average molecular weight is 417 g/mol. The lowest BCUT2D eigenvalue weighted by Crippen LogP contribution is -2.28. The molecular weight excluding hydrogens is 396 g/mol. The van der Waals surface area contributed by atoms with Crippen molar-refractivity contribution < 1.29 is 9.59 Å². The second-order valence-corrected chi connectivity index (χ2v) is 7.98. The van der Waals surface area contributed by atoms with Crippen LogP contribution in [0.1, 0.15) is 34.7 Å². The summed E-state index contributed by atoms with van der Waals surface area (Å²) in [4.78, 5) is 28.4. The highest BCUT2D eigenvalue weighted by Crippen LogP contribution is 2.20. The number of nitrogens with one attached hydrogen (secondary N) is 2. The predicted molar refractivity (Wildman–Crippen MR) is 110 cm³/mol. The minimum absolute atomic E-state index is 0.162. The topological polar surface area (TPSA) is 102 Å². The fourth-order valence-corrected chi connectivity index (χ4v) is 3.79. The van der Waals surface area contributed by atoms with E-state index in [1.54, 1.807) is 22.2 Å². The molecule has 2 heterocycles. The van der Waals surface area contributed by atoms with Crippen LogP contribution in [0.5, 0.6) is 0 Å². The first-order valence-corrected chi connectivity index (χ1v) is 10.4. The van der Waals surface area contributed by atoms with E-state index < -0.39 is 0 Å². The summed E-state index contributed by atoms with van der Waals surface area (Å²) in [6.07, 6.45) is 1.63. The van der Waals surface area contributed by atoms with Crippen molar-refractivity contribution in [3.8, 4) is 0 Å². The normalized spacial score (nSPS) is 11.8. The molecule has 0 aliphatic carbocycles. The van der Waals surface area contributed by atoms with E-state index in [1.165, 1.54) is 23.1 Å². The number of hydrogen-bond acceptors (Lipinski definition) is 7. The Balaban J connectivity index is 1.58. The van der Waals surface area contributed by atoms with Gasteiger partial charge in [-0.1, -0.05) is 29.5 Å². The molecule has 0 saturated heterocycles. The molecule has 0 radical (unpaired) electrons. The highest BCUT2D eigenvalue weighted by atomic mass is 32.2. The lowest BCUT2D eigenvalue weighted by atomic mass is 10.1. The summed E-state index contributed by atoms with van der Waals surface area (Å²) in [5, 5.41) is 16.9. The largest absolute Gasteiger partial charge is 0.342 e. The fraction of sp³-hybridized carbons (Fsp3) is 0.278. The Kier molecular flexibility index (Phi) is 6.42. The number of rotatable bonds is 7. The minimum Gasteiger partial charge on any atom is -0.342 e. The Morgan fingerprint density at radius 2 is 2.14 bits per heavy atom. The van der Waals surface area contributed by atoms with E-state index in [0.29, 0.717) is 21.7 Å². The predicted octanol–water partition coefficient (Wildman–Crippen LogP) is 2.80. The molecule has 10 heteroatoms. The first-order chi connectivity index (χ1) is 13.4. The van der Waals surface area contributed by atoms with E-state index in [0.717, 1.165) is 5.56 Å². The van der Waals surface area contributed by atoms with Crippen molar-refractivity contribution in [1.82, 2.24) is 25.1 Å². The van der Waals surface area contributed by atoms with Crippen LogP contribution in [0.15, 0.2) is 41.0 Å². The highest BCUT2D eigenvalue weighted by molar-refractivity contribution is 7.99. The van der Waals surface area contributed by atoms with Gasteiger partial charge in [-0.25, -0.2) is 4.98 Å². The third kappa shape index (κ3) is 4.96. The van der Waals surface area contributed by atoms with E-state index in [-0.39, 0.29) is 23.6 Å². The molecule has 28 heavy (non-hydrogen) atoms. The van der Waals surface area contributed by atoms with Crippen molar-refractivity contribution in [2.75, 3.05) is 11.1 Å². The third-order valence-corrected chi connectivity index (χ3v) is 5.60. The molecule has 0 spiro atoms. The van der Waals surface area contributed by atoms with Crippen LogP contribution in [0, 0.1) is 6.92 Å². The van der Waals surface area contributed by atoms with Crippen molar-refractivity contribution in [3.05, 3.63) is 52.8 Å². The molecule has 3 rings (SSSR count). The smallest absolute Gasteiger partial charge is 0.251 e. The van der Waals surface area contributed by atoms with Gasteiger partial charge in [0.25, 0.3) is 5.91 Å². The number of hydrogen-bond donors (Lipinski definition) is 2. The molecule has 2 amide bonds. The van der Waals surface area contributed by atoms with Crippen LogP contribution in [0.25, 0.3) is 0 Å². The summed E-state index contributed by atoms with van der Waals surface area (Å²) in [5.74, 6) is 0.473. The zero-order valence-electron chi connectivity index (χ0n) is 15.7. The van der Waals surface area contributed by atoms with Gasteiger partial charge in [-0.2, -0.15) is 0 Å². The number of benzene rings is 1. The molecule has 0 fully saturated rings. The highest BCUT2D eigenvalue weighted by Gasteiger charge is 2.19. The molecule has 2 aromatic heterocycles. The maximum Gasteiger partial charge on any atom is 0.251 e. The molecule has 8 nitrogen and oxygen atoms in total. The van der Waals surface area contributed by atoms with Gasteiger partial charge in [-0.15, -0.1) is 21.5 Å². The fourth-order valence-electron chi connectivity index (χ4n) is 2.53. The Morgan fingerprint density at radius 3 is 2.86 bits per heavy atom. The molecule has 0 saturated carbocycles. The summed E-state index contributed by atoms with van der Waals surface area (Å²) in [7, 11) is 1.81. The molecule has 0 aliphatic heterocycles. The van der Waals surface area contributed by atoms with Crippen molar-refractivity contribution in [3.63, 3.8) is 0 Å². The molecule has 3 aromatic rings. The number of anilines is 1. The Labute approximate surface area is 170 Å². The molecular formula is C18H20N6O2S2. The van der Waals surface area contributed by atoms with Crippen LogP contribution >= 0.6 is 23.1 Å². The lowest BCUT2D eigenvalue weighted by molar-refractivity contribution is -0.113. The third-order valence-electron chi connectivity index (χ3n) is 3.89. The van der Waals surface area contributed by atoms with Gasteiger partial charge in [0.15, 0.2) is 16.1 Å². The van der Waals surface area contributed by atoms with E-state index in [2.05, 4.69) is 25.8 Å². The lowest BCUT2D eigenvalue weighted by Gasteiger charge is -2.14. The minimum atomic E-state index is -0.330. The Morgan fingerprint density at radius 1 is 1.32 bits per heavy atom. The van der Waals surface area contributed by atoms with E-state index in [9.17, 15) is 9.59 Å². The van der Waals surface area contributed by atoms with Gasteiger partial charge in [0.05, 0.1) is 11.8 Å². The standard InChI is InChI=1S/C18H20N6O2S2/c1-11-5-4-6-13(9-11)16(26)20-12(2)15-22-23-18(24(15)3)28-10-14(25)21-17-19-7-8-27-17/h4-9,12H,10H2,1-3H3,(H,20,26)(H,19,21,25). The molecule has 1 atom stereocenters. The number of thiazole rings is 1. The Bertz CT molecular complexity index is 970. The summed E-state index contributed by atoms with van der Waals surface area (Å²) in [6.45, 7) is 3.79. The summed E-state index contributed by atoms with van der Waals surface area (Å²) >= 11 is 2.64. The quantitative estimate of drug-likeness (QED) is 0.574. The summed E-state index contributed by atoms with van der Waals surface area (Å²) in [6, 6.07) is 7.07. The van der Waals surface area contributed by atoms with Crippen LogP contribution in [0.3, 0.4) is 0 Å². The van der Waals surface area contributed by atoms with Gasteiger partial charge in [0.1, 0.15) is 0 Å². The van der Waals surface area contributed by atoms with Crippen molar-refractivity contribution in [2.24, 2.45) is 7.05 Å². The maximum absolute atomic E-state index is 12.4. The summed E-state index contributed by atoms with van der Waals surface area (Å²) < 4.78 is 1.78. The van der Waals surface area contributed by atoms with Crippen LogP contribution in [0.4, 0.5) is 5.13 Å². The monoisotopic (exact) mass is 416 g/mol. The van der Waals surface area contributed by atoms with Gasteiger partial charge in [0, 0.05) is 24.2 Å². The summed E-state index contributed by atoms with van der Waals surface area (Å²) in [5.41, 5.74) is 1.62. The van der Waals surface area contributed by atoms with E-state index in [1.807, 2.05) is 39.1 Å². The zero-order chi connectivity index (χ0) is 20.1. The van der Waals surface area contributed by atoms with Crippen LogP contribution < -0.4 is 10.6 Å². The van der Waals surface area contributed by atoms with Crippen LogP contribution in [0.2, 0.25) is 0 Å². The molecule has 0 aliphatic rings. The number of amides is 2. The van der Waals surface area contributed by atoms with Gasteiger partial charge in [0.2, 0.25) is 5.91 Å². The average Bonchev–Trinajstić information content (AvgIpc) is 3.29. The number of aryl methyl sites for hydroxylation is 1. The SMILES string of the molecule is Cc1cccc(C(=O)NC(C)c2nnc(SCC(=O)Nc3nccs3)n2C)c1. The number of thioether (sulfide) groups is 1. The second kappa shape index (κ2) is 8.98. The number of carbonyl (C=O) groups is 2. The molecule has 146 valence electrons. The maximum atomic E-state index is 12.4. The molecule has 0 bridgehead atoms. The van der Waals surface area contributed by atoms with Crippen molar-refractivity contribution in [2.45, 2.75) is 25.0 Å². The molecule has 2 N–H and O–H groups in total. The van der Waals surface area contributed by atoms with Gasteiger partial charge >= 0.3 is 0 Å². The van der Waals surface area contributed by atoms with Crippen molar-refractivity contribution in [1.29, 1.82) is 0 Å². The van der Waals surface area contributed by atoms with E-state index in [4.69, 9.17) is 0 Å². The number of carbonyl (C=O) groups excluding carboxylic acids is 2. The zero-order valence-corrected chi connectivity index (χ0v) is 17.3. The van der Waals surface area contributed by atoms with Crippen LogP contribution in [-0.2, 0) is 11.8 Å². The van der Waals surface area contributed by atoms with Crippen LogP contribution in [-0.4, -0.2) is 37.3 Å². The second-order valence-electron chi connectivity index (χ2n) is 6.14. The van der Waals surface area contributed by atoms with Gasteiger partial charge in [-0.3, -0.25) is 9.59 Å². The number of aromatic nitrogens is 4. The molecule has 1 unspecified atom stereocenters. The Hall–Kier alpha value is -2.72. The van der Waals surface area contributed by atoms with Gasteiger partial charge in [-0.05, 0) is 26.0 Å². The molecule has 1 aromatic carbocycles. The first-order valence-electron chi connectivity index (χ1n) is 8.53. The number of nitrogens with zero attached hydrogens (tertiary/aromatic N) is 4.